The van der Waals surface area contributed by atoms with Gasteiger partial charge in [-0.15, -0.1) is 0 Å². The van der Waals surface area contributed by atoms with Crippen molar-refractivity contribution in [3.8, 4) is 0 Å². The summed E-state index contributed by atoms with van der Waals surface area (Å²) >= 11 is 0. The van der Waals surface area contributed by atoms with Crippen LogP contribution in [-0.2, 0) is 14.6 Å². The Labute approximate surface area is 83.4 Å². The molecule has 2 N–H and O–H groups in total. The van der Waals surface area contributed by atoms with Crippen molar-refractivity contribution in [1.82, 2.24) is 5.32 Å². The van der Waals surface area contributed by atoms with Crippen LogP contribution in [0.4, 0.5) is 0 Å². The maximum atomic E-state index is 11.0. The van der Waals surface area contributed by atoms with Gasteiger partial charge in [-0.25, -0.2) is 8.42 Å². The van der Waals surface area contributed by atoms with E-state index in [0.717, 1.165) is 19.2 Å². The van der Waals surface area contributed by atoms with Crippen LogP contribution < -0.4 is 5.32 Å². The second-order valence-corrected chi connectivity index (χ2v) is 5.97. The number of carboxylic acids is 1. The van der Waals surface area contributed by atoms with Crippen molar-refractivity contribution in [2.75, 3.05) is 25.1 Å². The van der Waals surface area contributed by atoms with E-state index in [-0.39, 0.29) is 11.7 Å². The minimum absolute atomic E-state index is 0.0535. The molecule has 6 heteroatoms. The molecule has 82 valence electrons. The molecule has 0 bridgehead atoms. The fraction of sp³-hybridized carbons (Fsp3) is 0.875. The third-order valence-corrected chi connectivity index (χ3v) is 3.43. The number of rotatable bonds is 4. The van der Waals surface area contributed by atoms with E-state index in [2.05, 4.69) is 5.32 Å². The molecule has 2 unspecified atom stereocenters. The van der Waals surface area contributed by atoms with Crippen LogP contribution in [0.5, 0.6) is 0 Å². The first-order valence-corrected chi connectivity index (χ1v) is 6.57. The fourth-order valence-corrected chi connectivity index (χ4v) is 2.82. The Morgan fingerprint density at radius 1 is 1.64 bits per heavy atom. The van der Waals surface area contributed by atoms with Crippen LogP contribution in [0.15, 0.2) is 0 Å². The summed E-state index contributed by atoms with van der Waals surface area (Å²) in [4.78, 5) is 10.9. The molecule has 1 heterocycles. The lowest BCUT2D eigenvalue weighted by molar-refractivity contribution is -0.142. The summed E-state index contributed by atoms with van der Waals surface area (Å²) in [6.45, 7) is 1.38. The van der Waals surface area contributed by atoms with Gasteiger partial charge in [0.15, 0.2) is 0 Å². The quantitative estimate of drug-likeness (QED) is 0.658. The number of carboxylic acid groups (broad SMARTS) is 1. The largest absolute Gasteiger partial charge is 0.481 e. The normalized spacial score (nSPS) is 24.8. The number of hydrogen-bond acceptors (Lipinski definition) is 4. The summed E-state index contributed by atoms with van der Waals surface area (Å²) in [5.74, 6) is -2.08. The van der Waals surface area contributed by atoms with Gasteiger partial charge in [0.25, 0.3) is 0 Å². The Kier molecular flexibility index (Phi) is 3.49. The van der Waals surface area contributed by atoms with Gasteiger partial charge in [-0.2, -0.15) is 0 Å². The van der Waals surface area contributed by atoms with E-state index in [9.17, 15) is 13.2 Å². The Morgan fingerprint density at radius 3 is 2.64 bits per heavy atom. The predicted octanol–water partition coefficient (Wildman–Crippen LogP) is -0.659. The Balaban J connectivity index is 2.69. The van der Waals surface area contributed by atoms with Crippen molar-refractivity contribution in [1.29, 1.82) is 0 Å². The van der Waals surface area contributed by atoms with E-state index in [1.54, 1.807) is 0 Å². The van der Waals surface area contributed by atoms with E-state index in [1.807, 2.05) is 0 Å². The molecular weight excluding hydrogens is 206 g/mol. The lowest BCUT2D eigenvalue weighted by atomic mass is 9.93. The molecule has 1 fully saturated rings. The van der Waals surface area contributed by atoms with Gasteiger partial charge in [0, 0.05) is 6.26 Å². The highest BCUT2D eigenvalue weighted by Crippen LogP contribution is 2.20. The smallest absolute Gasteiger partial charge is 0.307 e. The van der Waals surface area contributed by atoms with Crippen molar-refractivity contribution < 1.29 is 18.3 Å². The molecule has 0 saturated carbocycles. The van der Waals surface area contributed by atoms with Crippen LogP contribution in [0.2, 0.25) is 0 Å². The first kappa shape index (κ1) is 11.5. The second kappa shape index (κ2) is 4.27. The van der Waals surface area contributed by atoms with E-state index in [0.29, 0.717) is 6.54 Å². The zero-order valence-electron chi connectivity index (χ0n) is 8.06. The average Bonchev–Trinajstić information content (AvgIpc) is 2.49. The topological polar surface area (TPSA) is 83.5 Å². The molecule has 0 spiro atoms. The van der Waals surface area contributed by atoms with Gasteiger partial charge in [-0.1, -0.05) is 0 Å². The van der Waals surface area contributed by atoms with Gasteiger partial charge in [-0.05, 0) is 25.4 Å². The predicted molar refractivity (Wildman–Crippen MR) is 51.8 cm³/mol. The zero-order chi connectivity index (χ0) is 10.8. The molecule has 0 aromatic carbocycles. The standard InChI is InChI=1S/C8H15NO4S/c1-14(12,13)5-7(8(10)11)6-2-3-9-4-6/h6-7,9H,2-5H2,1H3,(H,10,11). The van der Waals surface area contributed by atoms with Crippen molar-refractivity contribution >= 4 is 15.8 Å². The second-order valence-electron chi connectivity index (χ2n) is 3.79. The van der Waals surface area contributed by atoms with E-state index in [4.69, 9.17) is 5.11 Å². The SMILES string of the molecule is CS(=O)(=O)CC(C(=O)O)C1CCNC1. The molecule has 0 aromatic heterocycles. The third kappa shape index (κ3) is 3.26. The Hall–Kier alpha value is -0.620. The maximum Gasteiger partial charge on any atom is 0.307 e. The highest BCUT2D eigenvalue weighted by molar-refractivity contribution is 7.90. The average molecular weight is 221 g/mol. The summed E-state index contributed by atoms with van der Waals surface area (Å²) in [5, 5.41) is 11.9. The highest BCUT2D eigenvalue weighted by Gasteiger charge is 2.32. The monoisotopic (exact) mass is 221 g/mol. The molecule has 0 aromatic rings. The highest BCUT2D eigenvalue weighted by atomic mass is 32.2. The molecule has 5 nitrogen and oxygen atoms in total. The summed E-state index contributed by atoms with van der Waals surface area (Å²) in [5.41, 5.74) is 0. The van der Waals surface area contributed by atoms with Gasteiger partial charge < -0.3 is 10.4 Å². The first-order chi connectivity index (χ1) is 6.40. The number of hydrogen-bond donors (Lipinski definition) is 2. The van der Waals surface area contributed by atoms with Crippen molar-refractivity contribution in [2.24, 2.45) is 11.8 Å². The molecular formula is C8H15NO4S. The summed E-state index contributed by atoms with van der Waals surface area (Å²) in [6, 6.07) is 0. The van der Waals surface area contributed by atoms with E-state index < -0.39 is 21.7 Å². The molecule has 2 atom stereocenters. The fourth-order valence-electron chi connectivity index (χ4n) is 1.76. The molecule has 14 heavy (non-hydrogen) atoms. The van der Waals surface area contributed by atoms with Gasteiger partial charge in [0.2, 0.25) is 0 Å². The van der Waals surface area contributed by atoms with Gasteiger partial charge >= 0.3 is 5.97 Å². The number of nitrogens with one attached hydrogen (secondary N) is 1. The minimum Gasteiger partial charge on any atom is -0.481 e. The third-order valence-electron chi connectivity index (χ3n) is 2.47. The molecule has 1 saturated heterocycles. The molecule has 0 aliphatic carbocycles. The minimum atomic E-state index is -3.21. The van der Waals surface area contributed by atoms with Gasteiger partial charge in [0.1, 0.15) is 9.84 Å². The lowest BCUT2D eigenvalue weighted by Crippen LogP contribution is -2.31. The first-order valence-electron chi connectivity index (χ1n) is 4.51. The van der Waals surface area contributed by atoms with Crippen LogP contribution in [0, 0.1) is 11.8 Å². The summed E-state index contributed by atoms with van der Waals surface area (Å²) in [7, 11) is -3.21. The molecule has 1 aliphatic rings. The van der Waals surface area contributed by atoms with Crippen molar-refractivity contribution in [3.05, 3.63) is 0 Å². The Bertz CT molecular complexity index is 305. The zero-order valence-corrected chi connectivity index (χ0v) is 8.88. The van der Waals surface area contributed by atoms with Crippen LogP contribution in [0.1, 0.15) is 6.42 Å². The lowest BCUT2D eigenvalue weighted by Gasteiger charge is -2.17. The van der Waals surface area contributed by atoms with E-state index >= 15 is 0 Å². The number of sulfone groups is 1. The molecule has 1 aliphatic heterocycles. The Morgan fingerprint density at radius 2 is 2.29 bits per heavy atom. The number of aliphatic carboxylic acids is 1. The molecule has 1 rings (SSSR count). The van der Waals surface area contributed by atoms with Crippen LogP contribution >= 0.6 is 0 Å². The van der Waals surface area contributed by atoms with E-state index in [1.165, 1.54) is 0 Å². The number of carbonyl (C=O) groups is 1. The van der Waals surface area contributed by atoms with Gasteiger partial charge in [-0.3, -0.25) is 4.79 Å². The van der Waals surface area contributed by atoms with Crippen molar-refractivity contribution in [2.45, 2.75) is 6.42 Å². The van der Waals surface area contributed by atoms with Gasteiger partial charge in [0.05, 0.1) is 11.7 Å². The summed E-state index contributed by atoms with van der Waals surface area (Å²) < 4.78 is 22.0. The maximum absolute atomic E-state index is 11.0. The summed E-state index contributed by atoms with van der Waals surface area (Å²) in [6.07, 6.45) is 1.82. The van der Waals surface area contributed by atoms with Crippen LogP contribution in [0.3, 0.4) is 0 Å². The van der Waals surface area contributed by atoms with Crippen molar-refractivity contribution in [3.63, 3.8) is 0 Å². The van der Waals surface area contributed by atoms with Crippen LogP contribution in [-0.4, -0.2) is 44.6 Å². The molecule has 0 amide bonds. The van der Waals surface area contributed by atoms with Crippen LogP contribution in [0.25, 0.3) is 0 Å². The molecule has 0 radical (unpaired) electrons.